The zero-order valence-electron chi connectivity index (χ0n) is 15.3. The summed E-state index contributed by atoms with van der Waals surface area (Å²) in [4.78, 5) is 44.9. The number of hydrogen-bond donors (Lipinski definition) is 3. The standard InChI is InChI=1S/C14H22N2O10P2/c1-23-13-10(16-6-4-11(17)15-14(16)18)8-9(5-7-27(19,20)24-2)12(13)26-28(21,22)25-3/h4-7,9-10,12-13H,8H2,1-3H3,(H,19,20)(H,21,22)(H,15,17,18)/b7-5+/t9-,10?,12+,13-/m0/s1. The number of aromatic amines is 1. The first kappa shape index (κ1) is 22.9. The minimum Gasteiger partial charge on any atom is -0.377 e. The Hall–Kier alpha value is -1.36. The van der Waals surface area contributed by atoms with Crippen molar-refractivity contribution < 1.29 is 37.2 Å². The van der Waals surface area contributed by atoms with E-state index in [0.29, 0.717) is 0 Å². The molecule has 1 fully saturated rings. The van der Waals surface area contributed by atoms with Crippen LogP contribution in [0.15, 0.2) is 33.7 Å². The predicted octanol–water partition coefficient (Wildman–Crippen LogP) is 0.590. The summed E-state index contributed by atoms with van der Waals surface area (Å²) >= 11 is 0. The Labute approximate surface area is 159 Å². The van der Waals surface area contributed by atoms with Gasteiger partial charge >= 0.3 is 21.1 Å². The first-order valence-corrected chi connectivity index (χ1v) is 11.2. The van der Waals surface area contributed by atoms with Crippen LogP contribution in [-0.2, 0) is 27.4 Å². The Morgan fingerprint density at radius 2 is 1.86 bits per heavy atom. The van der Waals surface area contributed by atoms with E-state index in [1.165, 1.54) is 23.9 Å². The molecular weight excluding hydrogens is 418 g/mol. The van der Waals surface area contributed by atoms with Gasteiger partial charge in [0.25, 0.3) is 5.56 Å². The second-order valence-corrected chi connectivity index (χ2v) is 9.30. The minimum atomic E-state index is -4.44. The largest absolute Gasteiger partial charge is 0.472 e. The normalized spacial score (nSPS) is 29.6. The third-order valence-electron chi connectivity index (χ3n) is 4.39. The molecule has 2 rings (SSSR count). The SMILES string of the molecule is CO[C@H]1C(n2ccc(=O)[nH]c2=O)C[C@H](/C=C/P(=O)(O)OC)[C@H]1OP(=O)(O)OC. The van der Waals surface area contributed by atoms with Crippen molar-refractivity contribution in [1.82, 2.24) is 9.55 Å². The van der Waals surface area contributed by atoms with Gasteiger partial charge in [0, 0.05) is 45.3 Å². The summed E-state index contributed by atoms with van der Waals surface area (Å²) in [6.07, 6.45) is 0.696. The first-order chi connectivity index (χ1) is 13.0. The molecule has 1 heterocycles. The van der Waals surface area contributed by atoms with Crippen LogP contribution in [0.4, 0.5) is 0 Å². The summed E-state index contributed by atoms with van der Waals surface area (Å²) in [7, 11) is -5.08. The van der Waals surface area contributed by atoms with E-state index in [-0.39, 0.29) is 6.42 Å². The van der Waals surface area contributed by atoms with Crippen LogP contribution in [0, 0.1) is 5.92 Å². The molecule has 0 bridgehead atoms. The highest BCUT2D eigenvalue weighted by Crippen LogP contribution is 2.51. The van der Waals surface area contributed by atoms with Crippen molar-refractivity contribution in [3.63, 3.8) is 0 Å². The maximum absolute atomic E-state index is 12.2. The highest BCUT2D eigenvalue weighted by atomic mass is 31.2. The molecule has 1 aromatic rings. The second-order valence-electron chi connectivity index (χ2n) is 5.99. The molecule has 3 unspecified atom stereocenters. The second kappa shape index (κ2) is 8.98. The average Bonchev–Trinajstić information content (AvgIpc) is 2.96. The lowest BCUT2D eigenvalue weighted by Crippen LogP contribution is -2.38. The van der Waals surface area contributed by atoms with Gasteiger partial charge in [0.05, 0.1) is 6.04 Å². The Balaban J connectivity index is 2.46. The van der Waals surface area contributed by atoms with Crippen molar-refractivity contribution in [1.29, 1.82) is 0 Å². The lowest BCUT2D eigenvalue weighted by molar-refractivity contribution is -0.0198. The lowest BCUT2D eigenvalue weighted by atomic mass is 10.1. The topological polar surface area (TPSA) is 166 Å². The van der Waals surface area contributed by atoms with Crippen molar-refractivity contribution in [2.45, 2.75) is 24.7 Å². The van der Waals surface area contributed by atoms with Gasteiger partial charge in [0.15, 0.2) is 0 Å². The fraction of sp³-hybridized carbons (Fsp3) is 0.571. The molecule has 0 saturated heterocycles. The average molecular weight is 440 g/mol. The minimum absolute atomic E-state index is 0.138. The zero-order valence-corrected chi connectivity index (χ0v) is 17.1. The number of phosphoric ester groups is 1. The molecule has 1 aliphatic rings. The molecule has 1 aliphatic carbocycles. The Kier molecular flexibility index (Phi) is 7.35. The summed E-state index contributed by atoms with van der Waals surface area (Å²) in [6, 6.07) is 0.443. The fourth-order valence-electron chi connectivity index (χ4n) is 3.06. The third kappa shape index (κ3) is 5.37. The molecule has 1 saturated carbocycles. The molecule has 0 spiro atoms. The van der Waals surface area contributed by atoms with Crippen molar-refractivity contribution in [3.05, 3.63) is 45.0 Å². The van der Waals surface area contributed by atoms with E-state index in [9.17, 15) is 28.5 Å². The number of ether oxygens (including phenoxy) is 1. The van der Waals surface area contributed by atoms with Gasteiger partial charge in [-0.25, -0.2) is 9.36 Å². The summed E-state index contributed by atoms with van der Waals surface area (Å²) in [5.74, 6) is 0.216. The summed E-state index contributed by atoms with van der Waals surface area (Å²) < 4.78 is 44.4. The van der Waals surface area contributed by atoms with E-state index in [2.05, 4.69) is 14.0 Å². The van der Waals surface area contributed by atoms with Gasteiger partial charge in [0.1, 0.15) is 12.2 Å². The van der Waals surface area contributed by atoms with Crippen molar-refractivity contribution in [3.8, 4) is 0 Å². The van der Waals surface area contributed by atoms with Gasteiger partial charge in [-0.05, 0) is 6.42 Å². The van der Waals surface area contributed by atoms with E-state index in [1.54, 1.807) is 0 Å². The van der Waals surface area contributed by atoms with Gasteiger partial charge in [0.2, 0.25) is 0 Å². The lowest BCUT2D eigenvalue weighted by Gasteiger charge is -2.26. The third-order valence-corrected chi connectivity index (χ3v) is 6.43. The first-order valence-electron chi connectivity index (χ1n) is 8.02. The Morgan fingerprint density at radius 1 is 1.18 bits per heavy atom. The molecule has 28 heavy (non-hydrogen) atoms. The predicted molar refractivity (Wildman–Crippen MR) is 96.9 cm³/mol. The number of hydrogen-bond acceptors (Lipinski definition) is 8. The Morgan fingerprint density at radius 3 is 2.39 bits per heavy atom. The molecular formula is C14H22N2O10P2. The molecule has 12 nitrogen and oxygen atoms in total. The number of nitrogens with zero attached hydrogens (tertiary/aromatic N) is 1. The molecule has 3 N–H and O–H groups in total. The van der Waals surface area contributed by atoms with Gasteiger partial charge in [-0.15, -0.1) is 0 Å². The number of phosphoric acid groups is 1. The monoisotopic (exact) mass is 440 g/mol. The number of H-pyrrole nitrogens is 1. The number of nitrogens with one attached hydrogen (secondary N) is 1. The molecule has 14 heteroatoms. The van der Waals surface area contributed by atoms with Crippen LogP contribution in [0.3, 0.4) is 0 Å². The van der Waals surface area contributed by atoms with Crippen LogP contribution in [0.25, 0.3) is 0 Å². The molecule has 0 aromatic carbocycles. The zero-order chi connectivity index (χ0) is 21.1. The van der Waals surface area contributed by atoms with Crippen LogP contribution in [0.1, 0.15) is 12.5 Å². The van der Waals surface area contributed by atoms with E-state index in [1.807, 2.05) is 0 Å². The van der Waals surface area contributed by atoms with E-state index >= 15 is 0 Å². The van der Waals surface area contributed by atoms with Crippen LogP contribution in [-0.4, -0.2) is 52.9 Å². The number of methoxy groups -OCH3 is 1. The van der Waals surface area contributed by atoms with Crippen molar-refractivity contribution in [2.24, 2.45) is 5.92 Å². The van der Waals surface area contributed by atoms with Crippen LogP contribution in [0.5, 0.6) is 0 Å². The summed E-state index contributed by atoms with van der Waals surface area (Å²) in [6.45, 7) is 0. The maximum Gasteiger partial charge on any atom is 0.472 e. The van der Waals surface area contributed by atoms with E-state index < -0.39 is 50.8 Å². The fourth-order valence-corrected chi connectivity index (χ4v) is 4.29. The van der Waals surface area contributed by atoms with Crippen molar-refractivity contribution in [2.75, 3.05) is 21.3 Å². The molecule has 158 valence electrons. The van der Waals surface area contributed by atoms with Crippen LogP contribution < -0.4 is 11.2 Å². The summed E-state index contributed by atoms with van der Waals surface area (Å²) in [5.41, 5.74) is -1.29. The van der Waals surface area contributed by atoms with Crippen LogP contribution >= 0.6 is 15.4 Å². The molecule has 1 aromatic heterocycles. The van der Waals surface area contributed by atoms with Gasteiger partial charge < -0.3 is 19.0 Å². The van der Waals surface area contributed by atoms with Crippen LogP contribution in [0.2, 0.25) is 0 Å². The van der Waals surface area contributed by atoms with E-state index in [4.69, 9.17) is 9.26 Å². The van der Waals surface area contributed by atoms with Gasteiger partial charge in [-0.2, -0.15) is 0 Å². The highest BCUT2D eigenvalue weighted by molar-refractivity contribution is 7.56. The Bertz CT molecular complexity index is 925. The highest BCUT2D eigenvalue weighted by Gasteiger charge is 2.48. The smallest absolute Gasteiger partial charge is 0.377 e. The summed E-state index contributed by atoms with van der Waals surface area (Å²) in [5, 5.41) is 0. The molecule has 6 atom stereocenters. The molecule has 0 amide bonds. The van der Waals surface area contributed by atoms with Gasteiger partial charge in [-0.3, -0.25) is 28.0 Å². The molecule has 0 aliphatic heterocycles. The van der Waals surface area contributed by atoms with E-state index in [0.717, 1.165) is 26.1 Å². The number of rotatable bonds is 8. The maximum atomic E-state index is 12.2. The molecule has 0 radical (unpaired) electrons. The van der Waals surface area contributed by atoms with Gasteiger partial charge in [-0.1, -0.05) is 6.08 Å². The van der Waals surface area contributed by atoms with Crippen molar-refractivity contribution >= 4 is 15.4 Å². The quantitative estimate of drug-likeness (QED) is 0.487. The number of aromatic nitrogens is 2.